The van der Waals surface area contributed by atoms with E-state index in [9.17, 15) is 19.6 Å². The van der Waals surface area contributed by atoms with E-state index in [1.54, 1.807) is 37.8 Å². The van der Waals surface area contributed by atoms with Gasteiger partial charge in [-0.2, -0.15) is 5.26 Å². The zero-order valence-electron chi connectivity index (χ0n) is 26.7. The van der Waals surface area contributed by atoms with Crippen molar-refractivity contribution < 1.29 is 33.0 Å². The molecule has 0 aliphatic carbocycles. The van der Waals surface area contributed by atoms with E-state index in [4.69, 9.17) is 14.2 Å². The summed E-state index contributed by atoms with van der Waals surface area (Å²) in [5.41, 5.74) is 0.901. The number of halogens is 1. The van der Waals surface area contributed by atoms with Crippen molar-refractivity contribution in [1.82, 2.24) is 15.1 Å². The summed E-state index contributed by atoms with van der Waals surface area (Å²) in [7, 11) is 0. The molecular weight excluding hydrogens is 579 g/mol. The van der Waals surface area contributed by atoms with Crippen molar-refractivity contribution in [2.45, 2.75) is 96.6 Å². The van der Waals surface area contributed by atoms with Crippen LogP contribution in [0.5, 0.6) is 5.75 Å². The Morgan fingerprint density at radius 3 is 2.29 bits per heavy atom. The lowest BCUT2D eigenvalue weighted by atomic mass is 9.99. The van der Waals surface area contributed by atoms with Crippen LogP contribution in [0.3, 0.4) is 0 Å². The lowest BCUT2D eigenvalue weighted by molar-refractivity contribution is -0.133. The molecule has 2 aromatic rings. The Hall–Kier alpha value is -4.33. The van der Waals surface area contributed by atoms with Crippen molar-refractivity contribution in [1.29, 1.82) is 5.26 Å². The fraction of sp³-hybridized carbons (Fsp3) is 0.529. The summed E-state index contributed by atoms with van der Waals surface area (Å²) >= 11 is 0. The minimum atomic E-state index is -1.10. The van der Waals surface area contributed by atoms with Crippen LogP contribution < -0.4 is 10.1 Å². The molecule has 242 valence electrons. The molecule has 0 saturated carbocycles. The van der Waals surface area contributed by atoms with Gasteiger partial charge >= 0.3 is 12.2 Å². The fourth-order valence-corrected chi connectivity index (χ4v) is 5.48. The van der Waals surface area contributed by atoms with E-state index in [0.29, 0.717) is 56.6 Å². The molecule has 2 heterocycles. The first-order valence-electron chi connectivity index (χ1n) is 15.5. The highest BCUT2D eigenvalue weighted by Crippen LogP contribution is 2.27. The molecule has 0 spiro atoms. The van der Waals surface area contributed by atoms with Crippen molar-refractivity contribution in [3.8, 4) is 22.9 Å². The number of rotatable bonds is 8. The number of benzene rings is 2. The normalized spacial score (nSPS) is 17.9. The third kappa shape index (κ3) is 9.33. The van der Waals surface area contributed by atoms with Gasteiger partial charge in [0, 0.05) is 38.9 Å². The number of nitrogens with one attached hydrogen (secondary N) is 1. The van der Waals surface area contributed by atoms with Crippen molar-refractivity contribution in [3.05, 3.63) is 53.8 Å². The van der Waals surface area contributed by atoms with Gasteiger partial charge in [0.1, 0.15) is 35.4 Å². The Kier molecular flexibility index (Phi) is 10.9. The van der Waals surface area contributed by atoms with E-state index in [1.165, 1.54) is 11.0 Å². The third-order valence-corrected chi connectivity index (χ3v) is 7.68. The number of carbonyl (C=O) groups is 3. The Balaban J connectivity index is 1.40. The fourth-order valence-electron chi connectivity index (χ4n) is 5.48. The van der Waals surface area contributed by atoms with Gasteiger partial charge in [0.15, 0.2) is 0 Å². The smallest absolute Gasteiger partial charge is 0.410 e. The average Bonchev–Trinajstić information content (AvgIpc) is 3.46. The van der Waals surface area contributed by atoms with Crippen molar-refractivity contribution >= 4 is 18.1 Å². The molecule has 0 aromatic heterocycles. The molecular formula is C34H43FN4O6. The maximum absolute atomic E-state index is 15.5. The first-order valence-corrected chi connectivity index (χ1v) is 15.5. The van der Waals surface area contributed by atoms with Gasteiger partial charge in [0.25, 0.3) is 0 Å². The van der Waals surface area contributed by atoms with Crippen LogP contribution in [0, 0.1) is 17.1 Å². The van der Waals surface area contributed by atoms with Crippen LogP contribution in [0.1, 0.15) is 65.9 Å². The molecule has 2 aliphatic heterocycles. The minimum absolute atomic E-state index is 0.0235. The topological polar surface area (TPSA) is 121 Å². The highest BCUT2D eigenvalue weighted by Gasteiger charge is 2.35. The molecule has 0 bridgehead atoms. The number of amides is 3. The van der Waals surface area contributed by atoms with Gasteiger partial charge in [-0.25, -0.2) is 14.0 Å². The van der Waals surface area contributed by atoms with E-state index >= 15 is 4.39 Å². The number of piperidine rings is 1. The second-order valence-electron chi connectivity index (χ2n) is 12.8. The second kappa shape index (κ2) is 14.6. The predicted octanol–water partition coefficient (Wildman–Crippen LogP) is 5.83. The lowest BCUT2D eigenvalue weighted by Gasteiger charge is -2.32. The number of carbonyl (C=O) groups excluding carboxylic acids is 3. The van der Waals surface area contributed by atoms with Gasteiger partial charge in [-0.15, -0.1) is 0 Å². The van der Waals surface area contributed by atoms with Crippen molar-refractivity contribution in [2.75, 3.05) is 19.6 Å². The van der Waals surface area contributed by atoms with Gasteiger partial charge in [0.2, 0.25) is 5.91 Å². The predicted molar refractivity (Wildman–Crippen MR) is 166 cm³/mol. The van der Waals surface area contributed by atoms with Crippen LogP contribution >= 0.6 is 0 Å². The number of likely N-dealkylation sites (tertiary alicyclic amines) is 2. The van der Waals surface area contributed by atoms with Gasteiger partial charge in [-0.3, -0.25) is 4.79 Å². The minimum Gasteiger partial charge on any atom is -0.490 e. The number of nitriles is 1. The lowest BCUT2D eigenvalue weighted by Crippen LogP contribution is -2.51. The number of hydrogen-bond acceptors (Lipinski definition) is 7. The number of nitrogens with zero attached hydrogens (tertiary/aromatic N) is 3. The summed E-state index contributed by atoms with van der Waals surface area (Å²) in [6.07, 6.45) is 1.27. The van der Waals surface area contributed by atoms with Gasteiger partial charge in [0.05, 0.1) is 12.2 Å². The maximum atomic E-state index is 15.5. The van der Waals surface area contributed by atoms with Crippen LogP contribution in [0.15, 0.2) is 42.5 Å². The van der Waals surface area contributed by atoms with E-state index in [0.717, 1.165) is 5.56 Å². The number of ether oxygens (including phenoxy) is 3. The van der Waals surface area contributed by atoms with Crippen molar-refractivity contribution in [3.63, 3.8) is 0 Å². The molecule has 11 heteroatoms. The van der Waals surface area contributed by atoms with Gasteiger partial charge < -0.3 is 29.3 Å². The Morgan fingerprint density at radius 2 is 1.69 bits per heavy atom. The molecule has 0 radical (unpaired) electrons. The van der Waals surface area contributed by atoms with Gasteiger partial charge in [-0.1, -0.05) is 24.3 Å². The molecule has 2 aromatic carbocycles. The van der Waals surface area contributed by atoms with Crippen LogP contribution in [0.25, 0.3) is 11.1 Å². The highest BCUT2D eigenvalue weighted by molar-refractivity contribution is 5.87. The Bertz CT molecular complexity index is 1390. The van der Waals surface area contributed by atoms with Crippen LogP contribution in [-0.4, -0.2) is 77.4 Å². The van der Waals surface area contributed by atoms with Crippen LogP contribution in [0.4, 0.5) is 14.0 Å². The summed E-state index contributed by atoms with van der Waals surface area (Å²) in [5, 5.41) is 12.1. The SMILES string of the molecule is CC(C)OC(=O)N1CCC(Oc2ccc(-c3ccc(C[C@H](NC(=O)OC(C)(C)C)C(=O)N4CCCC4C#N)c(F)c3)cc2)CC1. The van der Waals surface area contributed by atoms with E-state index in [1.807, 2.05) is 38.1 Å². The molecule has 1 unspecified atom stereocenters. The van der Waals surface area contributed by atoms with Gasteiger partial charge in [-0.05, 0) is 82.3 Å². The van der Waals surface area contributed by atoms with E-state index in [-0.39, 0.29) is 30.3 Å². The molecule has 10 nitrogen and oxygen atoms in total. The molecule has 2 fully saturated rings. The quantitative estimate of drug-likeness (QED) is 0.393. The summed E-state index contributed by atoms with van der Waals surface area (Å²) in [4.78, 5) is 41.3. The average molecular weight is 623 g/mol. The van der Waals surface area contributed by atoms with Crippen LogP contribution in [0.2, 0.25) is 0 Å². The third-order valence-electron chi connectivity index (χ3n) is 7.68. The first kappa shape index (κ1) is 33.6. The molecule has 1 N–H and O–H groups in total. The molecule has 45 heavy (non-hydrogen) atoms. The Labute approximate surface area is 264 Å². The zero-order chi connectivity index (χ0) is 32.7. The number of alkyl carbamates (subject to hydrolysis) is 1. The largest absolute Gasteiger partial charge is 0.490 e. The zero-order valence-corrected chi connectivity index (χ0v) is 26.7. The molecule has 4 rings (SSSR count). The summed E-state index contributed by atoms with van der Waals surface area (Å²) in [6, 6.07) is 12.6. The summed E-state index contributed by atoms with van der Waals surface area (Å²) in [6.45, 7) is 10.3. The molecule has 2 aliphatic rings. The molecule has 2 atom stereocenters. The van der Waals surface area contributed by atoms with E-state index in [2.05, 4.69) is 11.4 Å². The second-order valence-corrected chi connectivity index (χ2v) is 12.8. The number of hydrogen-bond donors (Lipinski definition) is 1. The van der Waals surface area contributed by atoms with E-state index < -0.39 is 35.5 Å². The van der Waals surface area contributed by atoms with Crippen LogP contribution in [-0.2, 0) is 20.7 Å². The molecule has 3 amide bonds. The first-order chi connectivity index (χ1) is 21.3. The molecule has 2 saturated heterocycles. The highest BCUT2D eigenvalue weighted by atomic mass is 19.1. The monoisotopic (exact) mass is 622 g/mol. The standard InChI is InChI=1S/C34H43FN4O6/c1-22(2)43-33(42)38-17-14-28(15-18-38)44-27-12-10-23(11-13-27)24-8-9-25(29(35)19-24)20-30(37-32(41)45-34(3,4)5)31(40)39-16-6-7-26(39)21-36/h8-13,19,22,26,28,30H,6-7,14-18,20H2,1-5H3,(H,37,41)/t26?,30-/m0/s1. The summed E-state index contributed by atoms with van der Waals surface area (Å²) < 4.78 is 32.2. The maximum Gasteiger partial charge on any atom is 0.410 e. The summed E-state index contributed by atoms with van der Waals surface area (Å²) in [5.74, 6) is -0.269. The Morgan fingerprint density at radius 1 is 1.02 bits per heavy atom. The van der Waals surface area contributed by atoms with Crippen molar-refractivity contribution in [2.24, 2.45) is 0 Å².